The van der Waals surface area contributed by atoms with E-state index in [1.54, 1.807) is 36.4 Å². The fourth-order valence-corrected chi connectivity index (χ4v) is 3.85. The smallest absolute Gasteiger partial charge is 0.321 e. The Morgan fingerprint density at radius 3 is 1.83 bits per heavy atom. The predicted octanol–water partition coefficient (Wildman–Crippen LogP) is 4.73. The third kappa shape index (κ3) is 11.5. The maximum absolute atomic E-state index is 12.0. The summed E-state index contributed by atoms with van der Waals surface area (Å²) in [7, 11) is 0. The molecule has 8 nitrogen and oxygen atoms in total. The number of isocyanates is 1. The number of likely N-dealkylation sites (N-methyl/N-ethyl adjacent to an activating group) is 2. The van der Waals surface area contributed by atoms with Gasteiger partial charge < -0.3 is 25.3 Å². The summed E-state index contributed by atoms with van der Waals surface area (Å²) in [4.78, 5) is 31.8. The van der Waals surface area contributed by atoms with Gasteiger partial charge in [-0.15, -0.1) is 0 Å². The van der Waals surface area contributed by atoms with E-state index in [9.17, 15) is 9.59 Å². The Morgan fingerprint density at radius 2 is 1.36 bits per heavy atom. The van der Waals surface area contributed by atoms with Gasteiger partial charge in [-0.2, -0.15) is 4.99 Å². The van der Waals surface area contributed by atoms with Crippen LogP contribution in [0.3, 0.4) is 0 Å². The van der Waals surface area contributed by atoms with E-state index in [2.05, 4.69) is 39.3 Å². The third-order valence-electron chi connectivity index (χ3n) is 5.86. The number of carbonyl (C=O) groups excluding carboxylic acids is 2. The molecule has 2 N–H and O–H groups in total. The third-order valence-corrected chi connectivity index (χ3v) is 6.36. The highest BCUT2D eigenvalue weighted by molar-refractivity contribution is 6.30. The summed E-state index contributed by atoms with van der Waals surface area (Å²) < 4.78 is 0. The molecule has 2 aliphatic heterocycles. The van der Waals surface area contributed by atoms with Crippen LogP contribution in [0.4, 0.5) is 16.2 Å². The van der Waals surface area contributed by atoms with Crippen LogP contribution >= 0.6 is 23.2 Å². The second-order valence-corrected chi connectivity index (χ2v) is 9.09. The number of piperazine rings is 2. The van der Waals surface area contributed by atoms with Crippen LogP contribution in [0.2, 0.25) is 10.0 Å². The SMILES string of the molecule is CCN1CCN(C(=O)Nc2ccc(Cl)cc2)CC1.CCN1CCNCC1.O=C=Nc1ccc(Cl)cc1. The molecule has 4 rings (SSSR count). The zero-order valence-electron chi connectivity index (χ0n) is 21.1. The number of anilines is 1. The molecular weight excluding hydrogens is 499 g/mol. The monoisotopic (exact) mass is 534 g/mol. The van der Waals surface area contributed by atoms with Crippen LogP contribution in [0.25, 0.3) is 0 Å². The number of urea groups is 1. The molecule has 2 saturated heterocycles. The summed E-state index contributed by atoms with van der Waals surface area (Å²) in [5, 5.41) is 7.49. The highest BCUT2D eigenvalue weighted by atomic mass is 35.5. The van der Waals surface area contributed by atoms with Crippen LogP contribution in [0.5, 0.6) is 0 Å². The first-order chi connectivity index (χ1) is 17.4. The molecule has 2 aromatic carbocycles. The molecule has 36 heavy (non-hydrogen) atoms. The molecule has 2 fully saturated rings. The van der Waals surface area contributed by atoms with E-state index in [4.69, 9.17) is 23.2 Å². The second-order valence-electron chi connectivity index (χ2n) is 8.22. The summed E-state index contributed by atoms with van der Waals surface area (Å²) >= 11 is 11.4. The van der Waals surface area contributed by atoms with E-state index in [0.29, 0.717) is 15.7 Å². The highest BCUT2D eigenvalue weighted by Gasteiger charge is 2.19. The zero-order valence-corrected chi connectivity index (χ0v) is 22.6. The van der Waals surface area contributed by atoms with Gasteiger partial charge in [0.05, 0.1) is 5.69 Å². The summed E-state index contributed by atoms with van der Waals surface area (Å²) in [5.74, 6) is 0. The van der Waals surface area contributed by atoms with Crippen LogP contribution in [0, 0.1) is 0 Å². The van der Waals surface area contributed by atoms with E-state index in [-0.39, 0.29) is 6.03 Å². The minimum atomic E-state index is -0.0342. The van der Waals surface area contributed by atoms with Crippen molar-refractivity contribution in [3.63, 3.8) is 0 Å². The molecule has 0 spiro atoms. The molecule has 2 amide bonds. The number of halogens is 2. The first-order valence-corrected chi connectivity index (χ1v) is 13.0. The fraction of sp³-hybridized carbons (Fsp3) is 0.462. The van der Waals surface area contributed by atoms with E-state index in [1.807, 2.05) is 17.0 Å². The lowest BCUT2D eigenvalue weighted by molar-refractivity contribution is 0.151. The molecule has 0 unspecified atom stereocenters. The Labute approximate surface area is 224 Å². The summed E-state index contributed by atoms with van der Waals surface area (Å²) in [5.41, 5.74) is 1.35. The Hall–Kier alpha value is -2.45. The number of hydrogen-bond donors (Lipinski definition) is 2. The van der Waals surface area contributed by atoms with Gasteiger partial charge in [0.1, 0.15) is 0 Å². The number of nitrogens with zero attached hydrogens (tertiary/aromatic N) is 4. The average molecular weight is 536 g/mol. The molecule has 0 bridgehead atoms. The van der Waals surface area contributed by atoms with Gasteiger partial charge in [-0.25, -0.2) is 9.59 Å². The van der Waals surface area contributed by atoms with Gasteiger partial charge in [-0.1, -0.05) is 37.0 Å². The maximum Gasteiger partial charge on any atom is 0.321 e. The molecule has 0 radical (unpaired) electrons. The first kappa shape index (κ1) is 29.8. The van der Waals surface area contributed by atoms with Gasteiger partial charge in [0.2, 0.25) is 6.08 Å². The average Bonchev–Trinajstić information content (AvgIpc) is 2.92. The van der Waals surface area contributed by atoms with Crippen LogP contribution in [0.1, 0.15) is 13.8 Å². The van der Waals surface area contributed by atoms with Gasteiger partial charge in [0.15, 0.2) is 0 Å². The lowest BCUT2D eigenvalue weighted by Gasteiger charge is -2.33. The van der Waals surface area contributed by atoms with Crippen molar-refractivity contribution in [2.75, 3.05) is 70.8 Å². The molecule has 2 aliphatic rings. The Morgan fingerprint density at radius 1 is 0.861 bits per heavy atom. The van der Waals surface area contributed by atoms with Crippen molar-refractivity contribution in [1.29, 1.82) is 0 Å². The van der Waals surface area contributed by atoms with E-state index in [0.717, 1.165) is 38.4 Å². The Bertz CT molecular complexity index is 938. The molecule has 0 saturated carbocycles. The van der Waals surface area contributed by atoms with Gasteiger partial charge in [0.25, 0.3) is 0 Å². The van der Waals surface area contributed by atoms with Crippen molar-refractivity contribution < 1.29 is 9.59 Å². The van der Waals surface area contributed by atoms with Gasteiger partial charge >= 0.3 is 6.03 Å². The Kier molecular flexibility index (Phi) is 14.1. The molecule has 0 atom stereocenters. The molecule has 2 aromatic rings. The zero-order chi connectivity index (χ0) is 26.2. The lowest BCUT2D eigenvalue weighted by Crippen LogP contribution is -2.49. The quantitative estimate of drug-likeness (QED) is 0.437. The van der Waals surface area contributed by atoms with Crippen molar-refractivity contribution in [2.45, 2.75) is 13.8 Å². The van der Waals surface area contributed by atoms with Crippen molar-refractivity contribution >= 4 is 46.7 Å². The second kappa shape index (κ2) is 17.1. The van der Waals surface area contributed by atoms with Crippen LogP contribution < -0.4 is 10.6 Å². The minimum Gasteiger partial charge on any atom is -0.322 e. The number of carbonyl (C=O) groups is 1. The fourth-order valence-electron chi connectivity index (χ4n) is 3.60. The minimum absolute atomic E-state index is 0.0342. The molecule has 10 heteroatoms. The first-order valence-electron chi connectivity index (χ1n) is 12.3. The van der Waals surface area contributed by atoms with Crippen LogP contribution in [0.15, 0.2) is 53.5 Å². The van der Waals surface area contributed by atoms with Crippen molar-refractivity contribution in [3.8, 4) is 0 Å². The van der Waals surface area contributed by atoms with Gasteiger partial charge in [-0.3, -0.25) is 0 Å². The lowest BCUT2D eigenvalue weighted by atomic mass is 10.3. The number of hydrogen-bond acceptors (Lipinski definition) is 6. The summed E-state index contributed by atoms with van der Waals surface area (Å²) in [6.45, 7) is 14.9. The molecule has 196 valence electrons. The Balaban J connectivity index is 0.000000213. The van der Waals surface area contributed by atoms with E-state index >= 15 is 0 Å². The van der Waals surface area contributed by atoms with Gasteiger partial charge in [0, 0.05) is 68.1 Å². The molecule has 2 heterocycles. The van der Waals surface area contributed by atoms with Crippen molar-refractivity contribution in [2.24, 2.45) is 4.99 Å². The van der Waals surface area contributed by atoms with Crippen molar-refractivity contribution in [3.05, 3.63) is 58.6 Å². The standard InChI is InChI=1S/C13H18ClN3O.C7H4ClNO.C6H14N2/c1-2-16-7-9-17(10-8-16)13(18)15-12-5-3-11(14)4-6-12;8-6-1-3-7(4-2-6)9-5-10;1-2-8-5-3-7-4-6-8/h3-6H,2,7-10H2,1H3,(H,15,18);1-4H;7H,2-6H2,1H3. The summed E-state index contributed by atoms with van der Waals surface area (Å²) in [6, 6.07) is 13.7. The number of nitrogens with one attached hydrogen (secondary N) is 2. The molecule has 0 aromatic heterocycles. The van der Waals surface area contributed by atoms with Gasteiger partial charge in [-0.05, 0) is 61.6 Å². The molecular formula is C26H36Cl2N6O2. The van der Waals surface area contributed by atoms with Crippen molar-refractivity contribution in [1.82, 2.24) is 20.0 Å². The topological polar surface area (TPSA) is 80.3 Å². The van der Waals surface area contributed by atoms with Crippen LogP contribution in [-0.2, 0) is 4.79 Å². The molecule has 0 aliphatic carbocycles. The maximum atomic E-state index is 12.0. The number of aliphatic imine (C=N–C) groups is 1. The van der Waals surface area contributed by atoms with Crippen LogP contribution in [-0.4, -0.2) is 92.3 Å². The largest absolute Gasteiger partial charge is 0.322 e. The normalized spacial score (nSPS) is 15.9. The number of amides is 2. The van der Waals surface area contributed by atoms with E-state index < -0.39 is 0 Å². The van der Waals surface area contributed by atoms with E-state index in [1.165, 1.54) is 38.8 Å². The number of rotatable bonds is 4. The summed E-state index contributed by atoms with van der Waals surface area (Å²) in [6.07, 6.45) is 1.44. The predicted molar refractivity (Wildman–Crippen MR) is 148 cm³/mol. The number of benzene rings is 2. The highest BCUT2D eigenvalue weighted by Crippen LogP contribution is 2.15.